The van der Waals surface area contributed by atoms with Gasteiger partial charge in [-0.2, -0.15) is 0 Å². The summed E-state index contributed by atoms with van der Waals surface area (Å²) >= 11 is 0. The molecule has 10 rings (SSSR count). The molecule has 10 aromatic rings. The Morgan fingerprint density at radius 2 is 1.04 bits per heavy atom. The maximum Gasteiger partial charge on any atom is 0.227 e. The molecule has 0 saturated carbocycles. The fourth-order valence-corrected chi connectivity index (χ4v) is 7.45. The average Bonchev–Trinajstić information content (AvgIpc) is 3.63. The van der Waals surface area contributed by atoms with Gasteiger partial charge in [0, 0.05) is 27.9 Å². The minimum absolute atomic E-state index is 0.628. The number of aromatic nitrogens is 1. The van der Waals surface area contributed by atoms with Crippen molar-refractivity contribution in [3.63, 3.8) is 0 Å². The van der Waals surface area contributed by atoms with Crippen LogP contribution in [0.4, 0.5) is 17.1 Å². The number of fused-ring (bicyclic) bond motifs is 7. The van der Waals surface area contributed by atoms with E-state index >= 15 is 0 Å². The Morgan fingerprint density at radius 3 is 1.92 bits per heavy atom. The van der Waals surface area contributed by atoms with Gasteiger partial charge in [0.15, 0.2) is 5.58 Å². The Hall–Kier alpha value is -6.71. The molecule has 3 nitrogen and oxygen atoms in total. The van der Waals surface area contributed by atoms with Gasteiger partial charge in [0.05, 0.1) is 5.69 Å². The van der Waals surface area contributed by atoms with Crippen LogP contribution in [0.2, 0.25) is 0 Å². The predicted molar refractivity (Wildman–Crippen MR) is 210 cm³/mol. The first-order valence-corrected chi connectivity index (χ1v) is 17.0. The second-order valence-corrected chi connectivity index (χ2v) is 12.8. The molecule has 0 bridgehead atoms. The van der Waals surface area contributed by atoms with Crippen molar-refractivity contribution in [2.75, 3.05) is 4.90 Å². The maximum atomic E-state index is 6.20. The Morgan fingerprint density at radius 1 is 0.400 bits per heavy atom. The smallest absolute Gasteiger partial charge is 0.227 e. The lowest BCUT2D eigenvalue weighted by Gasteiger charge is -2.27. The fraction of sp³-hybridized carbons (Fsp3) is 0. The first-order chi connectivity index (χ1) is 24.8. The summed E-state index contributed by atoms with van der Waals surface area (Å²) in [6.45, 7) is 0. The summed E-state index contributed by atoms with van der Waals surface area (Å²) in [5.74, 6) is 0.628. The van der Waals surface area contributed by atoms with E-state index in [0.29, 0.717) is 5.89 Å². The summed E-state index contributed by atoms with van der Waals surface area (Å²) in [7, 11) is 0. The minimum atomic E-state index is 0.628. The second kappa shape index (κ2) is 11.5. The topological polar surface area (TPSA) is 29.3 Å². The molecule has 0 saturated heterocycles. The van der Waals surface area contributed by atoms with Crippen molar-refractivity contribution in [3.8, 4) is 22.6 Å². The first kappa shape index (κ1) is 28.3. The van der Waals surface area contributed by atoms with E-state index in [-0.39, 0.29) is 0 Å². The summed E-state index contributed by atoms with van der Waals surface area (Å²) in [6.07, 6.45) is 0. The van der Waals surface area contributed by atoms with Crippen LogP contribution in [0, 0.1) is 0 Å². The predicted octanol–water partition coefficient (Wildman–Crippen LogP) is 13.2. The van der Waals surface area contributed by atoms with Gasteiger partial charge >= 0.3 is 0 Å². The van der Waals surface area contributed by atoms with Crippen LogP contribution in [0.15, 0.2) is 186 Å². The van der Waals surface area contributed by atoms with Gasteiger partial charge in [-0.3, -0.25) is 0 Å². The Bertz CT molecular complexity index is 2870. The van der Waals surface area contributed by atoms with Gasteiger partial charge in [-0.1, -0.05) is 133 Å². The standard InChI is InChI=1S/C47H30N2O/c1-2-12-34(13-3-1)47-48-46-39(16-9-19-45(46)50-47)33-21-24-36(25-22-33)49(37-26-20-31-10-4-5-14-35(31)30-37)44-18-8-17-40-42-27-23-32-11-6-7-15-38(32)41(42)28-29-43(40)44/h1-30H. The average molecular weight is 639 g/mol. The molecule has 0 aliphatic carbocycles. The molecular formula is C47H30N2O. The number of benzene rings is 9. The lowest BCUT2D eigenvalue weighted by atomic mass is 9.96. The van der Waals surface area contributed by atoms with Gasteiger partial charge in [0.2, 0.25) is 5.89 Å². The number of nitrogens with zero attached hydrogens (tertiary/aromatic N) is 2. The van der Waals surface area contributed by atoms with Crippen molar-refractivity contribution in [1.29, 1.82) is 0 Å². The molecular weight excluding hydrogens is 609 g/mol. The maximum absolute atomic E-state index is 6.20. The molecule has 0 spiro atoms. The lowest BCUT2D eigenvalue weighted by Crippen LogP contribution is -2.10. The molecule has 0 atom stereocenters. The summed E-state index contributed by atoms with van der Waals surface area (Å²) in [4.78, 5) is 7.33. The molecule has 50 heavy (non-hydrogen) atoms. The van der Waals surface area contributed by atoms with E-state index in [2.05, 4.69) is 144 Å². The van der Waals surface area contributed by atoms with E-state index in [4.69, 9.17) is 9.40 Å². The Kier molecular flexibility index (Phi) is 6.49. The molecule has 3 heteroatoms. The number of hydrogen-bond donors (Lipinski definition) is 0. The van der Waals surface area contributed by atoms with Gasteiger partial charge < -0.3 is 9.32 Å². The molecule has 9 aromatic carbocycles. The van der Waals surface area contributed by atoms with Crippen LogP contribution in [0.5, 0.6) is 0 Å². The van der Waals surface area contributed by atoms with Crippen LogP contribution in [0.3, 0.4) is 0 Å². The van der Waals surface area contributed by atoms with Gasteiger partial charge in [0.1, 0.15) is 5.52 Å². The highest BCUT2D eigenvalue weighted by atomic mass is 16.3. The molecule has 0 amide bonds. The van der Waals surface area contributed by atoms with Crippen LogP contribution in [-0.2, 0) is 0 Å². The quantitative estimate of drug-likeness (QED) is 0.176. The van der Waals surface area contributed by atoms with E-state index in [1.807, 2.05) is 42.5 Å². The van der Waals surface area contributed by atoms with Gasteiger partial charge in [-0.05, 0) is 91.8 Å². The summed E-state index contributed by atoms with van der Waals surface area (Å²) in [5.41, 5.74) is 8.04. The van der Waals surface area contributed by atoms with Crippen molar-refractivity contribution < 1.29 is 4.42 Å². The normalized spacial score (nSPS) is 11.6. The molecule has 0 radical (unpaired) electrons. The Labute approximate surface area is 289 Å². The van der Waals surface area contributed by atoms with Crippen molar-refractivity contribution in [3.05, 3.63) is 182 Å². The van der Waals surface area contributed by atoms with Crippen LogP contribution < -0.4 is 4.90 Å². The van der Waals surface area contributed by atoms with Crippen molar-refractivity contribution >= 4 is 71.3 Å². The number of anilines is 3. The number of rotatable bonds is 5. The third-order valence-corrected chi connectivity index (χ3v) is 9.87. The molecule has 0 unspecified atom stereocenters. The molecule has 1 heterocycles. The SMILES string of the molecule is c1ccc(-c2nc3c(-c4ccc(N(c5ccc6ccccc6c5)c5cccc6c5ccc5c7ccccc7ccc65)cc4)cccc3o2)cc1. The van der Waals surface area contributed by atoms with Crippen LogP contribution in [-0.4, -0.2) is 4.98 Å². The highest BCUT2D eigenvalue weighted by Gasteiger charge is 2.18. The summed E-state index contributed by atoms with van der Waals surface area (Å²) < 4.78 is 6.20. The number of para-hydroxylation sites is 1. The van der Waals surface area contributed by atoms with E-state index in [9.17, 15) is 0 Å². The highest BCUT2D eigenvalue weighted by Crippen LogP contribution is 2.43. The first-order valence-electron chi connectivity index (χ1n) is 17.0. The van der Waals surface area contributed by atoms with Crippen LogP contribution in [0.1, 0.15) is 0 Å². The van der Waals surface area contributed by atoms with Crippen LogP contribution >= 0.6 is 0 Å². The van der Waals surface area contributed by atoms with Crippen molar-refractivity contribution in [2.24, 2.45) is 0 Å². The second-order valence-electron chi connectivity index (χ2n) is 12.8. The zero-order valence-corrected chi connectivity index (χ0v) is 27.1. The van der Waals surface area contributed by atoms with Crippen LogP contribution in [0.25, 0.3) is 76.8 Å². The van der Waals surface area contributed by atoms with E-state index in [1.165, 1.54) is 43.1 Å². The molecule has 1 aromatic heterocycles. The van der Waals surface area contributed by atoms with E-state index < -0.39 is 0 Å². The summed E-state index contributed by atoms with van der Waals surface area (Å²) in [6, 6.07) is 64.7. The number of hydrogen-bond acceptors (Lipinski definition) is 3. The van der Waals surface area contributed by atoms with Gasteiger partial charge in [-0.15, -0.1) is 0 Å². The Balaban J connectivity index is 1.14. The molecule has 0 fully saturated rings. The molecule has 0 aliphatic rings. The molecule has 234 valence electrons. The molecule has 0 aliphatic heterocycles. The third-order valence-electron chi connectivity index (χ3n) is 9.87. The molecule has 0 N–H and O–H groups in total. The highest BCUT2D eigenvalue weighted by molar-refractivity contribution is 6.19. The van der Waals surface area contributed by atoms with Gasteiger partial charge in [-0.25, -0.2) is 4.98 Å². The minimum Gasteiger partial charge on any atom is -0.436 e. The zero-order valence-electron chi connectivity index (χ0n) is 27.1. The summed E-state index contributed by atoms with van der Waals surface area (Å²) in [5, 5.41) is 9.92. The van der Waals surface area contributed by atoms with E-state index in [1.54, 1.807) is 0 Å². The zero-order chi connectivity index (χ0) is 33.0. The van der Waals surface area contributed by atoms with Crippen molar-refractivity contribution in [2.45, 2.75) is 0 Å². The third kappa shape index (κ3) is 4.63. The van der Waals surface area contributed by atoms with Crippen molar-refractivity contribution in [1.82, 2.24) is 4.98 Å². The van der Waals surface area contributed by atoms with E-state index in [0.717, 1.165) is 44.9 Å². The fourth-order valence-electron chi connectivity index (χ4n) is 7.45. The monoisotopic (exact) mass is 638 g/mol. The largest absolute Gasteiger partial charge is 0.436 e. The van der Waals surface area contributed by atoms with Gasteiger partial charge in [0.25, 0.3) is 0 Å². The lowest BCUT2D eigenvalue weighted by molar-refractivity contribution is 0.620. The number of oxazole rings is 1.